The highest BCUT2D eigenvalue weighted by molar-refractivity contribution is 5.26. The largest absolute Gasteiger partial charge is 0.459 e. The Hall–Kier alpha value is -1.36. The second kappa shape index (κ2) is 3.79. The maximum Gasteiger partial charge on any atom is 0.318 e. The van der Waals surface area contributed by atoms with Crippen molar-refractivity contribution >= 4 is 5.82 Å². The van der Waals surface area contributed by atoms with Crippen LogP contribution >= 0.6 is 0 Å². The van der Waals surface area contributed by atoms with Crippen molar-refractivity contribution in [3.05, 3.63) is 12.3 Å². The summed E-state index contributed by atoms with van der Waals surface area (Å²) in [5.74, 6) is 0.446. The van der Waals surface area contributed by atoms with Crippen LogP contribution in [0.25, 0.3) is 0 Å². The fourth-order valence-electron chi connectivity index (χ4n) is 1.55. The van der Waals surface area contributed by atoms with Gasteiger partial charge in [0.25, 0.3) is 0 Å². The van der Waals surface area contributed by atoms with Gasteiger partial charge in [-0.3, -0.25) is 0 Å². The van der Waals surface area contributed by atoms with E-state index in [-0.39, 0.29) is 6.10 Å². The van der Waals surface area contributed by atoms with E-state index in [2.05, 4.69) is 21.9 Å². The molecule has 5 heteroatoms. The van der Waals surface area contributed by atoms with Crippen LogP contribution in [-0.2, 0) is 0 Å². The first kappa shape index (κ1) is 9.21. The van der Waals surface area contributed by atoms with Crippen molar-refractivity contribution in [3.8, 4) is 6.01 Å². The van der Waals surface area contributed by atoms with Gasteiger partial charge in [-0.15, -0.1) is 0 Å². The van der Waals surface area contributed by atoms with Crippen LogP contribution in [0.2, 0.25) is 0 Å². The molecule has 14 heavy (non-hydrogen) atoms. The van der Waals surface area contributed by atoms with Gasteiger partial charge in [0.05, 0.1) is 0 Å². The second-order valence-corrected chi connectivity index (χ2v) is 3.55. The Morgan fingerprint density at radius 3 is 3.14 bits per heavy atom. The van der Waals surface area contributed by atoms with Crippen molar-refractivity contribution in [1.29, 1.82) is 0 Å². The van der Waals surface area contributed by atoms with Crippen LogP contribution in [0, 0.1) is 0 Å². The fourth-order valence-corrected chi connectivity index (χ4v) is 1.55. The number of nitrogens with zero attached hydrogens (tertiary/aromatic N) is 3. The first-order valence-corrected chi connectivity index (χ1v) is 4.68. The fraction of sp³-hybridized carbons (Fsp3) is 0.556. The molecular weight excluding hydrogens is 180 g/mol. The van der Waals surface area contributed by atoms with Crippen LogP contribution in [0.5, 0.6) is 6.01 Å². The molecule has 2 rings (SSSR count). The molecule has 1 fully saturated rings. The van der Waals surface area contributed by atoms with E-state index < -0.39 is 0 Å². The molecule has 0 radical (unpaired) electrons. The minimum atomic E-state index is 0.196. The quantitative estimate of drug-likeness (QED) is 0.725. The molecule has 76 valence electrons. The maximum absolute atomic E-state index is 5.58. The smallest absolute Gasteiger partial charge is 0.318 e. The average molecular weight is 194 g/mol. The summed E-state index contributed by atoms with van der Waals surface area (Å²) >= 11 is 0. The molecule has 1 aliphatic rings. The highest BCUT2D eigenvalue weighted by Crippen LogP contribution is 2.13. The number of aromatic nitrogens is 2. The molecule has 1 atom stereocenters. The van der Waals surface area contributed by atoms with Crippen LogP contribution in [0.15, 0.2) is 12.3 Å². The topological polar surface area (TPSA) is 64.3 Å². The molecule has 0 saturated carbocycles. The van der Waals surface area contributed by atoms with Crippen molar-refractivity contribution in [3.63, 3.8) is 0 Å². The first-order valence-electron chi connectivity index (χ1n) is 4.68. The van der Waals surface area contributed by atoms with Gasteiger partial charge >= 0.3 is 6.01 Å². The van der Waals surface area contributed by atoms with Crippen LogP contribution in [0.3, 0.4) is 0 Å². The van der Waals surface area contributed by atoms with E-state index in [1.54, 1.807) is 12.3 Å². The molecule has 0 amide bonds. The lowest BCUT2D eigenvalue weighted by Gasteiger charge is -2.11. The molecule has 5 nitrogen and oxygen atoms in total. The summed E-state index contributed by atoms with van der Waals surface area (Å²) in [4.78, 5) is 10.2. The zero-order chi connectivity index (χ0) is 9.97. The molecule has 2 heterocycles. The van der Waals surface area contributed by atoms with Gasteiger partial charge in [0.2, 0.25) is 0 Å². The van der Waals surface area contributed by atoms with Gasteiger partial charge in [0.1, 0.15) is 11.9 Å². The average Bonchev–Trinajstić information content (AvgIpc) is 2.51. The highest BCUT2D eigenvalue weighted by Gasteiger charge is 2.21. The van der Waals surface area contributed by atoms with E-state index in [1.165, 1.54) is 0 Å². The molecule has 0 aliphatic carbocycles. The molecule has 1 saturated heterocycles. The summed E-state index contributed by atoms with van der Waals surface area (Å²) in [5, 5.41) is 0. The van der Waals surface area contributed by atoms with Gasteiger partial charge in [-0.25, -0.2) is 4.98 Å². The van der Waals surface area contributed by atoms with Crippen LogP contribution in [-0.4, -0.2) is 41.1 Å². The molecule has 0 bridgehead atoms. The van der Waals surface area contributed by atoms with E-state index in [0.29, 0.717) is 11.8 Å². The third-order valence-corrected chi connectivity index (χ3v) is 2.28. The highest BCUT2D eigenvalue weighted by atomic mass is 16.5. The predicted octanol–water partition coefficient (Wildman–Crippen LogP) is 0.142. The zero-order valence-electron chi connectivity index (χ0n) is 8.18. The van der Waals surface area contributed by atoms with E-state index >= 15 is 0 Å². The van der Waals surface area contributed by atoms with Crippen LogP contribution in [0.1, 0.15) is 6.42 Å². The van der Waals surface area contributed by atoms with E-state index in [4.69, 9.17) is 10.5 Å². The summed E-state index contributed by atoms with van der Waals surface area (Å²) in [6.07, 6.45) is 2.83. The maximum atomic E-state index is 5.58. The number of nitrogens with two attached hydrogens (primary N) is 1. The van der Waals surface area contributed by atoms with Crippen molar-refractivity contribution in [2.24, 2.45) is 0 Å². The van der Waals surface area contributed by atoms with Crippen LogP contribution < -0.4 is 10.5 Å². The standard InChI is InChI=1S/C9H14N4O/c1-13-5-3-7(6-13)14-9-11-4-2-8(10)12-9/h2,4,7H,3,5-6H2,1H3,(H2,10,11,12). The monoisotopic (exact) mass is 194 g/mol. The number of hydrogen-bond acceptors (Lipinski definition) is 5. The van der Waals surface area contributed by atoms with Crippen molar-refractivity contribution in [2.75, 3.05) is 25.9 Å². The summed E-state index contributed by atoms with van der Waals surface area (Å²) in [6, 6.07) is 2.03. The Morgan fingerprint density at radius 1 is 1.64 bits per heavy atom. The molecule has 1 aromatic heterocycles. The van der Waals surface area contributed by atoms with E-state index in [0.717, 1.165) is 19.5 Å². The Labute approximate surface area is 82.9 Å². The lowest BCUT2D eigenvalue weighted by molar-refractivity contribution is 0.191. The molecule has 1 aliphatic heterocycles. The van der Waals surface area contributed by atoms with E-state index in [1.807, 2.05) is 0 Å². The number of likely N-dealkylation sites (tertiary alicyclic amines) is 1. The van der Waals surface area contributed by atoms with Crippen molar-refractivity contribution in [2.45, 2.75) is 12.5 Å². The van der Waals surface area contributed by atoms with Gasteiger partial charge < -0.3 is 15.4 Å². The molecule has 2 N–H and O–H groups in total. The Bertz CT molecular complexity index is 317. The summed E-state index contributed by atoms with van der Waals surface area (Å²) in [6.45, 7) is 1.99. The third-order valence-electron chi connectivity index (χ3n) is 2.28. The SMILES string of the molecule is CN1CCC(Oc2nccc(N)n2)C1. The molecule has 1 aromatic rings. The number of nitrogen functional groups attached to an aromatic ring is 1. The van der Waals surface area contributed by atoms with Gasteiger partial charge in [0, 0.05) is 19.3 Å². The molecule has 0 aromatic carbocycles. The predicted molar refractivity (Wildman–Crippen MR) is 53.0 cm³/mol. The second-order valence-electron chi connectivity index (χ2n) is 3.55. The lowest BCUT2D eigenvalue weighted by atomic mass is 10.3. The number of anilines is 1. The zero-order valence-corrected chi connectivity index (χ0v) is 8.18. The van der Waals surface area contributed by atoms with Gasteiger partial charge in [-0.05, 0) is 19.5 Å². The van der Waals surface area contributed by atoms with E-state index in [9.17, 15) is 0 Å². The number of ether oxygens (including phenoxy) is 1. The van der Waals surface area contributed by atoms with Gasteiger partial charge in [-0.1, -0.05) is 0 Å². The third kappa shape index (κ3) is 2.11. The minimum absolute atomic E-state index is 0.196. The summed E-state index contributed by atoms with van der Waals surface area (Å²) < 4.78 is 5.58. The van der Waals surface area contributed by atoms with Gasteiger partial charge in [0.15, 0.2) is 0 Å². The Morgan fingerprint density at radius 2 is 2.50 bits per heavy atom. The molecule has 0 spiro atoms. The first-order chi connectivity index (χ1) is 6.74. The number of hydrogen-bond donors (Lipinski definition) is 1. The van der Waals surface area contributed by atoms with Gasteiger partial charge in [-0.2, -0.15) is 4.98 Å². The van der Waals surface area contributed by atoms with Crippen molar-refractivity contribution < 1.29 is 4.74 Å². The Balaban J connectivity index is 1.97. The molecule has 1 unspecified atom stereocenters. The van der Waals surface area contributed by atoms with Crippen LogP contribution in [0.4, 0.5) is 5.82 Å². The minimum Gasteiger partial charge on any atom is -0.459 e. The Kier molecular flexibility index (Phi) is 2.49. The normalized spacial score (nSPS) is 22.5. The summed E-state index contributed by atoms with van der Waals surface area (Å²) in [7, 11) is 2.07. The number of rotatable bonds is 2. The van der Waals surface area contributed by atoms with Crippen molar-refractivity contribution in [1.82, 2.24) is 14.9 Å². The number of likely N-dealkylation sites (N-methyl/N-ethyl adjacent to an activating group) is 1. The lowest BCUT2D eigenvalue weighted by Crippen LogP contribution is -2.22. The molecular formula is C9H14N4O. The summed E-state index contributed by atoms with van der Waals surface area (Å²) in [5.41, 5.74) is 5.52.